The van der Waals surface area contributed by atoms with Crippen molar-refractivity contribution in [1.82, 2.24) is 0 Å². The average Bonchev–Trinajstić information content (AvgIpc) is 2.75. The van der Waals surface area contributed by atoms with Gasteiger partial charge in [-0.3, -0.25) is 4.79 Å². The van der Waals surface area contributed by atoms with Crippen LogP contribution in [0.5, 0.6) is 0 Å². The van der Waals surface area contributed by atoms with Crippen LogP contribution in [0.25, 0.3) is 0 Å². The van der Waals surface area contributed by atoms with Crippen molar-refractivity contribution in [2.45, 2.75) is 11.8 Å². The van der Waals surface area contributed by atoms with Crippen molar-refractivity contribution < 1.29 is 17.6 Å². The summed E-state index contributed by atoms with van der Waals surface area (Å²) in [6, 6.07) is 7.65. The third-order valence-corrected chi connectivity index (χ3v) is 3.74. The van der Waals surface area contributed by atoms with E-state index >= 15 is 0 Å². The van der Waals surface area contributed by atoms with Crippen LogP contribution in [-0.4, -0.2) is 20.6 Å². The number of aryl methyl sites for hydroxylation is 1. The summed E-state index contributed by atoms with van der Waals surface area (Å²) in [5, 5.41) is 2.64. The van der Waals surface area contributed by atoms with E-state index in [1.807, 2.05) is 0 Å². The zero-order chi connectivity index (χ0) is 14.0. The molecular weight excluding hydrogens is 266 g/mol. The second-order valence-electron chi connectivity index (χ2n) is 4.18. The Morgan fingerprint density at radius 2 is 1.79 bits per heavy atom. The van der Waals surface area contributed by atoms with E-state index in [1.165, 1.54) is 30.5 Å². The number of amides is 1. The molecule has 1 amide bonds. The van der Waals surface area contributed by atoms with Crippen LogP contribution in [0.1, 0.15) is 16.1 Å². The van der Waals surface area contributed by atoms with Gasteiger partial charge < -0.3 is 9.73 Å². The lowest BCUT2D eigenvalue weighted by Crippen LogP contribution is -2.12. The van der Waals surface area contributed by atoms with Gasteiger partial charge in [-0.05, 0) is 37.3 Å². The Morgan fingerprint density at radius 1 is 1.16 bits per heavy atom. The van der Waals surface area contributed by atoms with Crippen molar-refractivity contribution >= 4 is 21.4 Å². The number of nitrogens with one attached hydrogen (secondary N) is 1. The van der Waals surface area contributed by atoms with Gasteiger partial charge in [-0.15, -0.1) is 0 Å². The molecule has 0 aliphatic carbocycles. The summed E-state index contributed by atoms with van der Waals surface area (Å²) in [7, 11) is -3.23. The number of furan rings is 1. The third-order valence-electron chi connectivity index (χ3n) is 2.61. The first-order chi connectivity index (χ1) is 8.88. The topological polar surface area (TPSA) is 76.4 Å². The number of rotatable bonds is 3. The predicted octanol–water partition coefficient (Wildman–Crippen LogP) is 2.24. The fourth-order valence-corrected chi connectivity index (χ4v) is 2.21. The Hall–Kier alpha value is -2.08. The van der Waals surface area contributed by atoms with Crippen LogP contribution in [0.15, 0.2) is 45.9 Å². The molecule has 1 N–H and O–H groups in total. The SMILES string of the molecule is Cc1ccoc1C(=O)Nc1ccc(S(C)(=O)=O)cc1. The largest absolute Gasteiger partial charge is 0.459 e. The van der Waals surface area contributed by atoms with Crippen LogP contribution >= 0.6 is 0 Å². The Balaban J connectivity index is 2.17. The normalized spacial score (nSPS) is 11.3. The van der Waals surface area contributed by atoms with Crippen LogP contribution in [0, 0.1) is 6.92 Å². The fraction of sp³-hybridized carbons (Fsp3) is 0.154. The van der Waals surface area contributed by atoms with Gasteiger partial charge in [0, 0.05) is 17.5 Å². The Bertz CT molecular complexity index is 698. The molecule has 0 saturated heterocycles. The summed E-state index contributed by atoms with van der Waals surface area (Å²) < 4.78 is 27.7. The minimum Gasteiger partial charge on any atom is -0.459 e. The van der Waals surface area contributed by atoms with Crippen LogP contribution in [0.4, 0.5) is 5.69 Å². The predicted molar refractivity (Wildman–Crippen MR) is 71.0 cm³/mol. The molecule has 1 aromatic heterocycles. The van der Waals surface area contributed by atoms with Crippen molar-refractivity contribution in [2.24, 2.45) is 0 Å². The highest BCUT2D eigenvalue weighted by molar-refractivity contribution is 7.90. The molecule has 6 heteroatoms. The number of sulfone groups is 1. The molecule has 19 heavy (non-hydrogen) atoms. The van der Waals surface area contributed by atoms with E-state index in [9.17, 15) is 13.2 Å². The van der Waals surface area contributed by atoms with Crippen molar-refractivity contribution in [1.29, 1.82) is 0 Å². The van der Waals surface area contributed by atoms with E-state index in [-0.39, 0.29) is 16.6 Å². The van der Waals surface area contributed by atoms with Gasteiger partial charge in [-0.2, -0.15) is 0 Å². The lowest BCUT2D eigenvalue weighted by molar-refractivity contribution is 0.0996. The first-order valence-electron chi connectivity index (χ1n) is 5.53. The summed E-state index contributed by atoms with van der Waals surface area (Å²) in [5.74, 6) is -0.123. The number of carbonyl (C=O) groups is 1. The fourth-order valence-electron chi connectivity index (χ4n) is 1.58. The van der Waals surface area contributed by atoms with E-state index in [2.05, 4.69) is 5.32 Å². The highest BCUT2D eigenvalue weighted by atomic mass is 32.2. The van der Waals surface area contributed by atoms with Crippen molar-refractivity contribution in [2.75, 3.05) is 11.6 Å². The molecule has 0 fully saturated rings. The zero-order valence-electron chi connectivity index (χ0n) is 10.5. The van der Waals surface area contributed by atoms with E-state index < -0.39 is 9.84 Å². The Kier molecular flexibility index (Phi) is 3.44. The zero-order valence-corrected chi connectivity index (χ0v) is 11.3. The summed E-state index contributed by atoms with van der Waals surface area (Å²) in [6.07, 6.45) is 2.57. The van der Waals surface area contributed by atoms with Crippen LogP contribution in [0.2, 0.25) is 0 Å². The first-order valence-corrected chi connectivity index (χ1v) is 7.42. The maximum absolute atomic E-state index is 11.9. The number of carbonyl (C=O) groups excluding carboxylic acids is 1. The molecule has 0 unspecified atom stereocenters. The highest BCUT2D eigenvalue weighted by Crippen LogP contribution is 2.16. The molecule has 0 aliphatic heterocycles. The van der Waals surface area contributed by atoms with Gasteiger partial charge in [-0.1, -0.05) is 0 Å². The van der Waals surface area contributed by atoms with E-state index in [1.54, 1.807) is 13.0 Å². The molecule has 0 radical (unpaired) electrons. The van der Waals surface area contributed by atoms with E-state index in [0.29, 0.717) is 5.69 Å². The highest BCUT2D eigenvalue weighted by Gasteiger charge is 2.13. The molecule has 1 heterocycles. The van der Waals surface area contributed by atoms with Gasteiger partial charge in [0.1, 0.15) is 0 Å². The second-order valence-corrected chi connectivity index (χ2v) is 6.20. The summed E-state index contributed by atoms with van der Waals surface area (Å²) in [4.78, 5) is 12.1. The Morgan fingerprint density at radius 3 is 2.26 bits per heavy atom. The minimum absolute atomic E-state index is 0.208. The molecular formula is C13H13NO4S. The van der Waals surface area contributed by atoms with Crippen molar-refractivity contribution in [3.05, 3.63) is 47.9 Å². The standard InChI is InChI=1S/C13H13NO4S/c1-9-7-8-18-12(9)13(15)14-10-3-5-11(6-4-10)19(2,16)17/h3-8H,1-2H3,(H,14,15). The second kappa shape index (κ2) is 4.89. The molecule has 2 aromatic rings. The van der Waals surface area contributed by atoms with Crippen LogP contribution in [0.3, 0.4) is 0 Å². The lowest BCUT2D eigenvalue weighted by Gasteiger charge is -2.05. The van der Waals surface area contributed by atoms with E-state index in [4.69, 9.17) is 4.42 Å². The molecule has 1 aromatic carbocycles. The third kappa shape index (κ3) is 3.03. The van der Waals surface area contributed by atoms with Crippen LogP contribution < -0.4 is 5.32 Å². The molecule has 0 aliphatic rings. The van der Waals surface area contributed by atoms with Gasteiger partial charge in [-0.25, -0.2) is 8.42 Å². The first kappa shape index (κ1) is 13.4. The van der Waals surface area contributed by atoms with Crippen molar-refractivity contribution in [3.8, 4) is 0 Å². The smallest absolute Gasteiger partial charge is 0.291 e. The number of hydrogen-bond acceptors (Lipinski definition) is 4. The van der Waals surface area contributed by atoms with Crippen molar-refractivity contribution in [3.63, 3.8) is 0 Å². The summed E-state index contributed by atoms with van der Waals surface area (Å²) >= 11 is 0. The van der Waals surface area contributed by atoms with Gasteiger partial charge >= 0.3 is 0 Å². The maximum Gasteiger partial charge on any atom is 0.291 e. The number of hydrogen-bond donors (Lipinski definition) is 1. The minimum atomic E-state index is -3.23. The molecule has 2 rings (SSSR count). The maximum atomic E-state index is 11.9. The van der Waals surface area contributed by atoms with Gasteiger partial charge in [0.15, 0.2) is 15.6 Å². The van der Waals surface area contributed by atoms with Crippen LogP contribution in [-0.2, 0) is 9.84 Å². The molecule has 0 bridgehead atoms. The quantitative estimate of drug-likeness (QED) is 0.934. The molecule has 0 saturated carbocycles. The molecule has 5 nitrogen and oxygen atoms in total. The monoisotopic (exact) mass is 279 g/mol. The van der Waals surface area contributed by atoms with Gasteiger partial charge in [0.05, 0.1) is 11.2 Å². The lowest BCUT2D eigenvalue weighted by atomic mass is 10.2. The Labute approximate surface area is 111 Å². The summed E-state index contributed by atoms with van der Waals surface area (Å²) in [6.45, 7) is 1.77. The summed E-state index contributed by atoms with van der Waals surface area (Å²) in [5.41, 5.74) is 1.25. The van der Waals surface area contributed by atoms with Gasteiger partial charge in [0.2, 0.25) is 0 Å². The average molecular weight is 279 g/mol. The van der Waals surface area contributed by atoms with E-state index in [0.717, 1.165) is 11.8 Å². The molecule has 0 spiro atoms. The molecule has 0 atom stereocenters. The van der Waals surface area contributed by atoms with Gasteiger partial charge in [0.25, 0.3) is 5.91 Å². The number of benzene rings is 1. The molecule has 100 valence electrons. The number of anilines is 1.